The lowest BCUT2D eigenvalue weighted by atomic mass is 10.00. The Morgan fingerprint density at radius 3 is 1.48 bits per heavy atom. The molecule has 0 N–H and O–H groups in total. The van der Waals surface area contributed by atoms with Crippen molar-refractivity contribution in [3.05, 3.63) is 170 Å². The van der Waals surface area contributed by atoms with Crippen molar-refractivity contribution in [3.63, 3.8) is 0 Å². The molecule has 8 aromatic carbocycles. The molecule has 4 heterocycles. The van der Waals surface area contributed by atoms with Gasteiger partial charge in [-0.05, 0) is 72.3 Å². The van der Waals surface area contributed by atoms with Gasteiger partial charge in [-0.25, -0.2) is 0 Å². The van der Waals surface area contributed by atoms with E-state index in [1.54, 1.807) is 0 Å². The average molecular weight is 665 g/mol. The number of para-hydroxylation sites is 5. The van der Waals surface area contributed by atoms with E-state index in [0.717, 1.165) is 66.3 Å². The number of rotatable bonds is 3. The number of furan rings is 2. The molecule has 52 heavy (non-hydrogen) atoms. The van der Waals surface area contributed by atoms with E-state index in [9.17, 15) is 0 Å². The number of fused-ring (bicyclic) bond motifs is 12. The third-order valence-electron chi connectivity index (χ3n) is 10.9. The van der Waals surface area contributed by atoms with Gasteiger partial charge in [0.15, 0.2) is 0 Å². The third-order valence-corrected chi connectivity index (χ3v) is 10.9. The van der Waals surface area contributed by atoms with Crippen LogP contribution in [-0.2, 0) is 0 Å². The molecule has 4 heteroatoms. The van der Waals surface area contributed by atoms with E-state index in [1.807, 2.05) is 24.3 Å². The van der Waals surface area contributed by atoms with Crippen molar-refractivity contribution in [1.29, 1.82) is 0 Å². The first-order valence-corrected chi connectivity index (χ1v) is 17.7. The molecule has 0 saturated heterocycles. The van der Waals surface area contributed by atoms with Crippen LogP contribution in [0.25, 0.3) is 110 Å². The SMILES string of the molecule is c1ccc2c(c1)oc1ccc(-n3c4ccccc4c4ccc(-c5cccc6c7ccccc7n(-c7ccc8oc9ccccc9c8c7)c56)cc43)cc12. The molecule has 4 nitrogen and oxygen atoms in total. The fourth-order valence-electron chi connectivity index (χ4n) is 8.64. The summed E-state index contributed by atoms with van der Waals surface area (Å²) in [7, 11) is 0. The smallest absolute Gasteiger partial charge is 0.135 e. The maximum Gasteiger partial charge on any atom is 0.135 e. The van der Waals surface area contributed by atoms with Crippen LogP contribution < -0.4 is 0 Å². The molecule has 12 rings (SSSR count). The van der Waals surface area contributed by atoms with Crippen molar-refractivity contribution in [3.8, 4) is 22.5 Å². The fourth-order valence-corrected chi connectivity index (χ4v) is 8.64. The minimum absolute atomic E-state index is 0.894. The second-order valence-corrected chi connectivity index (χ2v) is 13.7. The predicted molar refractivity (Wildman–Crippen MR) is 215 cm³/mol. The summed E-state index contributed by atoms with van der Waals surface area (Å²) in [5, 5.41) is 9.39. The monoisotopic (exact) mass is 664 g/mol. The number of hydrogen-bond donors (Lipinski definition) is 0. The van der Waals surface area contributed by atoms with E-state index < -0.39 is 0 Å². The predicted octanol–water partition coefficient (Wildman–Crippen LogP) is 13.3. The maximum atomic E-state index is 6.23. The summed E-state index contributed by atoms with van der Waals surface area (Å²) in [6, 6.07) is 60.8. The Morgan fingerprint density at radius 1 is 0.308 bits per heavy atom. The van der Waals surface area contributed by atoms with Gasteiger partial charge in [-0.1, -0.05) is 103 Å². The fraction of sp³-hybridized carbons (Fsp3) is 0. The van der Waals surface area contributed by atoms with Crippen molar-refractivity contribution in [2.75, 3.05) is 0 Å². The third kappa shape index (κ3) is 3.75. The molecule has 0 spiro atoms. The summed E-state index contributed by atoms with van der Waals surface area (Å²) in [4.78, 5) is 0. The van der Waals surface area contributed by atoms with E-state index in [1.165, 1.54) is 43.7 Å². The van der Waals surface area contributed by atoms with Crippen molar-refractivity contribution < 1.29 is 8.83 Å². The van der Waals surface area contributed by atoms with E-state index in [4.69, 9.17) is 8.83 Å². The first-order valence-electron chi connectivity index (χ1n) is 17.7. The Balaban J connectivity index is 1.14. The minimum atomic E-state index is 0.894. The molecule has 0 unspecified atom stereocenters. The zero-order chi connectivity index (χ0) is 33.9. The summed E-state index contributed by atoms with van der Waals surface area (Å²) < 4.78 is 17.3. The Hall–Kier alpha value is -7.04. The largest absolute Gasteiger partial charge is 0.456 e. The number of nitrogens with zero attached hydrogens (tertiary/aromatic N) is 2. The standard InChI is InChI=1S/C48H28N2O2/c1-5-16-41-33(10-1)35-23-20-29(26-43(35)49(41)30-21-24-46-39(27-30)36-12-3-7-18-44(36)51-46)32-14-9-15-38-34-11-2-6-17-42(34)50(48(32)38)31-22-25-47-40(28-31)37-13-4-8-19-45(37)52-47/h1-28H. The van der Waals surface area contributed by atoms with Crippen molar-refractivity contribution in [2.45, 2.75) is 0 Å². The minimum Gasteiger partial charge on any atom is -0.456 e. The molecule has 0 bridgehead atoms. The van der Waals surface area contributed by atoms with Gasteiger partial charge in [0.1, 0.15) is 22.3 Å². The molecule has 0 aliphatic heterocycles. The van der Waals surface area contributed by atoms with Crippen molar-refractivity contribution in [1.82, 2.24) is 9.13 Å². The normalized spacial score (nSPS) is 12.2. The molecule has 0 aliphatic rings. The number of aromatic nitrogens is 2. The van der Waals surface area contributed by atoms with Crippen LogP contribution in [0.2, 0.25) is 0 Å². The molecule has 0 amide bonds. The molecule has 0 atom stereocenters. The summed E-state index contributed by atoms with van der Waals surface area (Å²) >= 11 is 0. The van der Waals surface area contributed by atoms with Crippen LogP contribution in [-0.4, -0.2) is 9.13 Å². The Labute approximate surface area is 296 Å². The highest BCUT2D eigenvalue weighted by Gasteiger charge is 2.20. The van der Waals surface area contributed by atoms with Crippen molar-refractivity contribution in [2.24, 2.45) is 0 Å². The van der Waals surface area contributed by atoms with Gasteiger partial charge in [-0.15, -0.1) is 0 Å². The Kier molecular flexibility index (Phi) is 5.47. The number of hydrogen-bond acceptors (Lipinski definition) is 2. The van der Waals surface area contributed by atoms with Crippen LogP contribution in [0.4, 0.5) is 0 Å². The van der Waals surface area contributed by atoms with Gasteiger partial charge >= 0.3 is 0 Å². The zero-order valence-corrected chi connectivity index (χ0v) is 27.9. The lowest BCUT2D eigenvalue weighted by molar-refractivity contribution is 0.668. The highest BCUT2D eigenvalue weighted by molar-refractivity contribution is 6.16. The van der Waals surface area contributed by atoms with Crippen molar-refractivity contribution >= 4 is 87.5 Å². The van der Waals surface area contributed by atoms with E-state index in [-0.39, 0.29) is 0 Å². The topological polar surface area (TPSA) is 36.1 Å². The van der Waals surface area contributed by atoms with Crippen LogP contribution in [0.1, 0.15) is 0 Å². The van der Waals surface area contributed by atoms with Gasteiger partial charge in [-0.2, -0.15) is 0 Å². The average Bonchev–Trinajstić information content (AvgIpc) is 3.95. The first-order chi connectivity index (χ1) is 25.8. The van der Waals surface area contributed by atoms with Crippen LogP contribution in [0.3, 0.4) is 0 Å². The summed E-state index contributed by atoms with van der Waals surface area (Å²) in [6.45, 7) is 0. The number of benzene rings is 8. The summed E-state index contributed by atoms with van der Waals surface area (Å²) in [6.07, 6.45) is 0. The highest BCUT2D eigenvalue weighted by atomic mass is 16.3. The molecule has 0 saturated carbocycles. The van der Waals surface area contributed by atoms with Gasteiger partial charge in [0.05, 0.1) is 22.1 Å². The second-order valence-electron chi connectivity index (χ2n) is 13.7. The van der Waals surface area contributed by atoms with E-state index >= 15 is 0 Å². The van der Waals surface area contributed by atoms with Crippen LogP contribution >= 0.6 is 0 Å². The Morgan fingerprint density at radius 2 is 0.808 bits per heavy atom. The molecule has 12 aromatic rings. The summed E-state index contributed by atoms with van der Waals surface area (Å²) in [5.41, 5.74) is 12.9. The zero-order valence-electron chi connectivity index (χ0n) is 27.9. The second kappa shape index (κ2) is 10.3. The lowest BCUT2D eigenvalue weighted by Gasteiger charge is -2.13. The van der Waals surface area contributed by atoms with Gasteiger partial charge in [0, 0.05) is 60.0 Å². The van der Waals surface area contributed by atoms with Crippen LogP contribution in [0, 0.1) is 0 Å². The molecular weight excluding hydrogens is 637 g/mol. The molecular formula is C48H28N2O2. The highest BCUT2D eigenvalue weighted by Crippen LogP contribution is 2.42. The quantitative estimate of drug-likeness (QED) is 0.188. The molecule has 0 radical (unpaired) electrons. The van der Waals surface area contributed by atoms with Gasteiger partial charge in [0.25, 0.3) is 0 Å². The van der Waals surface area contributed by atoms with Gasteiger partial charge < -0.3 is 18.0 Å². The van der Waals surface area contributed by atoms with Crippen LogP contribution in [0.15, 0.2) is 179 Å². The maximum absolute atomic E-state index is 6.23. The van der Waals surface area contributed by atoms with E-state index in [2.05, 4.69) is 155 Å². The molecule has 0 aliphatic carbocycles. The Bertz CT molecular complexity index is 3420. The molecule has 242 valence electrons. The van der Waals surface area contributed by atoms with E-state index in [0.29, 0.717) is 0 Å². The first kappa shape index (κ1) is 27.7. The summed E-state index contributed by atoms with van der Waals surface area (Å²) in [5.74, 6) is 0. The molecule has 0 fully saturated rings. The lowest BCUT2D eigenvalue weighted by Crippen LogP contribution is -1.96. The van der Waals surface area contributed by atoms with Gasteiger partial charge in [-0.3, -0.25) is 0 Å². The van der Waals surface area contributed by atoms with Crippen LogP contribution in [0.5, 0.6) is 0 Å². The molecule has 4 aromatic heterocycles. The van der Waals surface area contributed by atoms with Gasteiger partial charge in [0.2, 0.25) is 0 Å².